The minimum absolute atomic E-state index is 0.618. The van der Waals surface area contributed by atoms with Crippen LogP contribution >= 0.6 is 15.9 Å². The van der Waals surface area contributed by atoms with Crippen LogP contribution in [0.4, 0.5) is 5.69 Å². The van der Waals surface area contributed by atoms with Crippen molar-refractivity contribution in [3.8, 4) is 0 Å². The van der Waals surface area contributed by atoms with E-state index in [1.165, 1.54) is 5.69 Å². The molecule has 0 aliphatic carbocycles. The fourth-order valence-electron chi connectivity index (χ4n) is 2.27. The van der Waals surface area contributed by atoms with Crippen LogP contribution in [0.15, 0.2) is 28.7 Å². The van der Waals surface area contributed by atoms with Gasteiger partial charge in [0, 0.05) is 35.3 Å². The van der Waals surface area contributed by atoms with Crippen LogP contribution in [-0.2, 0) is 0 Å². The van der Waals surface area contributed by atoms with E-state index in [0.29, 0.717) is 12.1 Å². The Morgan fingerprint density at radius 1 is 1.06 bits per heavy atom. The number of halogens is 1. The van der Waals surface area contributed by atoms with Gasteiger partial charge in [0.2, 0.25) is 0 Å². The zero-order valence-corrected chi connectivity index (χ0v) is 11.7. The fourth-order valence-corrected chi connectivity index (χ4v) is 2.53. The maximum atomic E-state index is 3.48. The van der Waals surface area contributed by atoms with Gasteiger partial charge in [0.05, 0.1) is 0 Å². The topological polar surface area (TPSA) is 6.48 Å². The zero-order chi connectivity index (χ0) is 11.7. The summed E-state index contributed by atoms with van der Waals surface area (Å²) in [6.07, 6.45) is 0. The Morgan fingerprint density at radius 3 is 2.06 bits per heavy atom. The van der Waals surface area contributed by atoms with Crippen molar-refractivity contribution in [3.63, 3.8) is 0 Å². The molecule has 1 aromatic rings. The smallest absolute Gasteiger partial charge is 0.0368 e. The Bertz CT molecular complexity index is 337. The summed E-state index contributed by atoms with van der Waals surface area (Å²) in [4.78, 5) is 4.93. The molecule has 1 heterocycles. The van der Waals surface area contributed by atoms with Gasteiger partial charge in [-0.3, -0.25) is 4.90 Å². The molecule has 88 valence electrons. The predicted octanol–water partition coefficient (Wildman–Crippen LogP) is 2.98. The van der Waals surface area contributed by atoms with Crippen molar-refractivity contribution in [2.24, 2.45) is 0 Å². The lowest BCUT2D eigenvalue weighted by Gasteiger charge is -2.43. The summed E-state index contributed by atoms with van der Waals surface area (Å²) in [5.41, 5.74) is 1.33. The van der Waals surface area contributed by atoms with Crippen LogP contribution < -0.4 is 4.90 Å². The molecule has 3 heteroatoms. The van der Waals surface area contributed by atoms with Crippen molar-refractivity contribution in [3.05, 3.63) is 28.7 Å². The first kappa shape index (κ1) is 11.9. The molecule has 0 amide bonds. The molecule has 1 saturated heterocycles. The molecular weight excluding hydrogens is 264 g/mol. The largest absolute Gasteiger partial charge is 0.368 e. The minimum atomic E-state index is 0.618. The summed E-state index contributed by atoms with van der Waals surface area (Å²) in [7, 11) is 2.22. The average molecular weight is 283 g/mol. The summed E-state index contributed by atoms with van der Waals surface area (Å²) in [5, 5.41) is 0. The Hall–Kier alpha value is -0.540. The molecule has 0 saturated carbocycles. The van der Waals surface area contributed by atoms with Crippen molar-refractivity contribution < 1.29 is 0 Å². The second kappa shape index (κ2) is 4.76. The number of hydrogen-bond acceptors (Lipinski definition) is 2. The van der Waals surface area contributed by atoms with Gasteiger partial charge in [-0.1, -0.05) is 15.9 Å². The van der Waals surface area contributed by atoms with Crippen molar-refractivity contribution in [2.45, 2.75) is 25.9 Å². The van der Waals surface area contributed by atoms with Crippen LogP contribution in [-0.4, -0.2) is 37.1 Å². The van der Waals surface area contributed by atoms with E-state index in [1.54, 1.807) is 0 Å². The maximum Gasteiger partial charge on any atom is 0.0368 e. The summed E-state index contributed by atoms with van der Waals surface area (Å²) >= 11 is 3.48. The van der Waals surface area contributed by atoms with E-state index in [2.05, 4.69) is 70.9 Å². The van der Waals surface area contributed by atoms with Crippen LogP contribution in [0.1, 0.15) is 13.8 Å². The van der Waals surface area contributed by atoms with Gasteiger partial charge in [0.25, 0.3) is 0 Å². The van der Waals surface area contributed by atoms with Crippen molar-refractivity contribution in [2.75, 3.05) is 25.0 Å². The summed E-state index contributed by atoms with van der Waals surface area (Å²) < 4.78 is 1.14. The van der Waals surface area contributed by atoms with E-state index in [4.69, 9.17) is 0 Å². The zero-order valence-electron chi connectivity index (χ0n) is 10.2. The van der Waals surface area contributed by atoms with Crippen LogP contribution in [0.5, 0.6) is 0 Å². The highest BCUT2D eigenvalue weighted by atomic mass is 79.9. The Kier molecular flexibility index (Phi) is 3.55. The van der Waals surface area contributed by atoms with E-state index in [-0.39, 0.29) is 0 Å². The number of piperazine rings is 1. The predicted molar refractivity (Wildman–Crippen MR) is 73.0 cm³/mol. The maximum absolute atomic E-state index is 3.48. The molecule has 1 aromatic carbocycles. The summed E-state index contributed by atoms with van der Waals surface area (Å²) in [6, 6.07) is 9.84. The minimum Gasteiger partial charge on any atom is -0.368 e. The molecule has 16 heavy (non-hydrogen) atoms. The number of hydrogen-bond donors (Lipinski definition) is 0. The standard InChI is InChI=1S/C13H19BrN2/c1-10-8-16(9-11(2)15(10)3)13-6-4-12(14)5-7-13/h4-7,10-11H,8-9H2,1-3H3/t10-,11-/m0/s1. The number of benzene rings is 1. The molecule has 1 fully saturated rings. The van der Waals surface area contributed by atoms with Crippen LogP contribution in [0, 0.1) is 0 Å². The van der Waals surface area contributed by atoms with E-state index in [9.17, 15) is 0 Å². The van der Waals surface area contributed by atoms with Gasteiger partial charge in [-0.2, -0.15) is 0 Å². The Labute approximate surface area is 106 Å². The number of anilines is 1. The average Bonchev–Trinajstić information content (AvgIpc) is 2.26. The fraction of sp³-hybridized carbons (Fsp3) is 0.538. The Morgan fingerprint density at radius 2 is 1.56 bits per heavy atom. The van der Waals surface area contributed by atoms with E-state index < -0.39 is 0 Å². The van der Waals surface area contributed by atoms with Crippen molar-refractivity contribution in [1.29, 1.82) is 0 Å². The second-order valence-corrected chi connectivity index (χ2v) is 5.66. The molecule has 0 radical (unpaired) electrons. The van der Waals surface area contributed by atoms with Gasteiger partial charge < -0.3 is 4.90 Å². The lowest BCUT2D eigenvalue weighted by molar-refractivity contribution is 0.170. The molecule has 2 atom stereocenters. The monoisotopic (exact) mass is 282 g/mol. The second-order valence-electron chi connectivity index (χ2n) is 4.74. The van der Waals surface area contributed by atoms with Crippen LogP contribution in [0.2, 0.25) is 0 Å². The van der Waals surface area contributed by atoms with Gasteiger partial charge in [0.1, 0.15) is 0 Å². The first-order valence-corrected chi connectivity index (χ1v) is 6.59. The molecular formula is C13H19BrN2. The lowest BCUT2D eigenvalue weighted by atomic mass is 10.1. The third-order valence-corrected chi connectivity index (χ3v) is 4.08. The Balaban J connectivity index is 2.13. The highest BCUT2D eigenvalue weighted by Crippen LogP contribution is 2.23. The summed E-state index contributed by atoms with van der Waals surface area (Å²) in [5.74, 6) is 0. The van der Waals surface area contributed by atoms with Gasteiger partial charge in [0.15, 0.2) is 0 Å². The number of nitrogens with zero attached hydrogens (tertiary/aromatic N) is 2. The molecule has 0 bridgehead atoms. The van der Waals surface area contributed by atoms with Gasteiger partial charge in [-0.05, 0) is 45.2 Å². The van der Waals surface area contributed by atoms with E-state index in [0.717, 1.165) is 17.6 Å². The van der Waals surface area contributed by atoms with Crippen molar-refractivity contribution in [1.82, 2.24) is 4.90 Å². The van der Waals surface area contributed by atoms with Gasteiger partial charge >= 0.3 is 0 Å². The molecule has 0 unspecified atom stereocenters. The van der Waals surface area contributed by atoms with Crippen molar-refractivity contribution >= 4 is 21.6 Å². The first-order valence-electron chi connectivity index (χ1n) is 5.80. The highest BCUT2D eigenvalue weighted by molar-refractivity contribution is 9.10. The van der Waals surface area contributed by atoms with Gasteiger partial charge in [-0.25, -0.2) is 0 Å². The van der Waals surface area contributed by atoms with Crippen LogP contribution in [0.25, 0.3) is 0 Å². The third kappa shape index (κ3) is 2.41. The number of rotatable bonds is 1. The van der Waals surface area contributed by atoms with Gasteiger partial charge in [-0.15, -0.1) is 0 Å². The first-order chi connectivity index (χ1) is 7.58. The lowest BCUT2D eigenvalue weighted by Crippen LogP contribution is -2.55. The quantitative estimate of drug-likeness (QED) is 0.782. The van der Waals surface area contributed by atoms with Crippen LogP contribution in [0.3, 0.4) is 0 Å². The number of likely N-dealkylation sites (N-methyl/N-ethyl adjacent to an activating group) is 1. The van der Waals surface area contributed by atoms with E-state index >= 15 is 0 Å². The molecule has 2 rings (SSSR count). The molecule has 1 aliphatic heterocycles. The molecule has 0 N–H and O–H groups in total. The van der Waals surface area contributed by atoms with E-state index in [1.807, 2.05) is 0 Å². The SMILES string of the molecule is C[C@H]1CN(c2ccc(Br)cc2)C[C@H](C)N1C. The highest BCUT2D eigenvalue weighted by Gasteiger charge is 2.26. The summed E-state index contributed by atoms with van der Waals surface area (Å²) in [6.45, 7) is 6.81. The molecule has 2 nitrogen and oxygen atoms in total. The third-order valence-electron chi connectivity index (χ3n) is 3.55. The normalized spacial score (nSPS) is 27.1. The molecule has 0 aromatic heterocycles. The molecule has 0 spiro atoms. The molecule has 1 aliphatic rings.